The third kappa shape index (κ3) is 6.43. The highest BCUT2D eigenvalue weighted by Gasteiger charge is 2.12. The maximum Gasteiger partial charge on any atom is 0.286 e. The van der Waals surface area contributed by atoms with Crippen LogP contribution in [0.3, 0.4) is 0 Å². The number of anilines is 1. The number of carbonyl (C=O) groups excluding carboxylic acids is 2. The normalized spacial score (nSPS) is 11.9. The number of hydrogen-bond donors (Lipinski definition) is 1. The van der Waals surface area contributed by atoms with E-state index in [4.69, 9.17) is 9.47 Å². The van der Waals surface area contributed by atoms with Crippen molar-refractivity contribution in [3.05, 3.63) is 77.6 Å². The largest absolute Gasteiger partial charge is 0.497 e. The van der Waals surface area contributed by atoms with E-state index in [1.54, 1.807) is 62.8 Å². The second-order valence-electron chi connectivity index (χ2n) is 7.22. The highest BCUT2D eigenvalue weighted by Crippen LogP contribution is 2.22. The Kier molecular flexibility index (Phi) is 7.66. The average Bonchev–Trinajstić information content (AvgIpc) is 2.82. The smallest absolute Gasteiger partial charge is 0.286 e. The van der Waals surface area contributed by atoms with Gasteiger partial charge in [-0.2, -0.15) is 4.36 Å². The molecule has 0 spiro atoms. The van der Waals surface area contributed by atoms with E-state index in [1.165, 1.54) is 25.6 Å². The molecule has 0 bridgehead atoms. The van der Waals surface area contributed by atoms with Gasteiger partial charge in [-0.25, -0.2) is 4.21 Å². The van der Waals surface area contributed by atoms with Crippen LogP contribution in [0.4, 0.5) is 5.69 Å². The predicted molar refractivity (Wildman–Crippen MR) is 130 cm³/mol. The second kappa shape index (κ2) is 10.6. The van der Waals surface area contributed by atoms with Gasteiger partial charge in [0.15, 0.2) is 0 Å². The molecule has 2 aromatic carbocycles. The first-order valence-electron chi connectivity index (χ1n) is 10.0. The number of ether oxygens (including phenoxy) is 2. The van der Waals surface area contributed by atoms with Crippen molar-refractivity contribution in [2.75, 3.05) is 25.8 Å². The lowest BCUT2D eigenvalue weighted by Crippen LogP contribution is -2.07. The summed E-state index contributed by atoms with van der Waals surface area (Å²) in [5.74, 6) is 6.27. The molecule has 0 aliphatic heterocycles. The third-order valence-electron chi connectivity index (χ3n) is 4.56. The van der Waals surface area contributed by atoms with Crippen LogP contribution in [0.2, 0.25) is 0 Å². The lowest BCUT2D eigenvalue weighted by Gasteiger charge is -2.06. The number of nitrogens with zero attached hydrogens (tertiary/aromatic N) is 2. The lowest BCUT2D eigenvalue weighted by molar-refractivity contribution is -0.114. The summed E-state index contributed by atoms with van der Waals surface area (Å²) in [5, 5.41) is 2.63. The third-order valence-corrected chi connectivity index (χ3v) is 6.22. The number of aromatic nitrogens is 1. The molecule has 1 N–H and O–H groups in total. The van der Waals surface area contributed by atoms with Crippen LogP contribution in [0.15, 0.2) is 70.2 Å². The van der Waals surface area contributed by atoms with E-state index in [2.05, 4.69) is 26.5 Å². The fraction of sp³-hybridized carbons (Fsp3) is 0.160. The molecule has 0 aliphatic carbocycles. The molecule has 9 heteroatoms. The number of pyridine rings is 1. The van der Waals surface area contributed by atoms with E-state index in [9.17, 15) is 13.8 Å². The van der Waals surface area contributed by atoms with Gasteiger partial charge in [0.2, 0.25) is 5.91 Å². The highest BCUT2D eigenvalue weighted by molar-refractivity contribution is 7.93. The summed E-state index contributed by atoms with van der Waals surface area (Å²) >= 11 is 0. The Bertz CT molecular complexity index is 1390. The predicted octanol–water partition coefficient (Wildman–Crippen LogP) is 3.75. The van der Waals surface area contributed by atoms with Gasteiger partial charge in [-0.3, -0.25) is 14.6 Å². The van der Waals surface area contributed by atoms with Gasteiger partial charge in [-0.05, 0) is 42.5 Å². The molecule has 8 nitrogen and oxygen atoms in total. The van der Waals surface area contributed by atoms with Gasteiger partial charge in [0.25, 0.3) is 5.91 Å². The van der Waals surface area contributed by atoms with Gasteiger partial charge in [0, 0.05) is 53.3 Å². The molecule has 34 heavy (non-hydrogen) atoms. The number of rotatable bonds is 5. The summed E-state index contributed by atoms with van der Waals surface area (Å²) < 4.78 is 27.5. The van der Waals surface area contributed by atoms with Crippen LogP contribution in [0, 0.1) is 11.8 Å². The van der Waals surface area contributed by atoms with Crippen LogP contribution >= 0.6 is 0 Å². The minimum Gasteiger partial charge on any atom is -0.497 e. The van der Waals surface area contributed by atoms with Crippen LogP contribution in [-0.4, -0.2) is 41.5 Å². The van der Waals surface area contributed by atoms with Crippen molar-refractivity contribution < 1.29 is 23.3 Å². The maximum atomic E-state index is 13.1. The van der Waals surface area contributed by atoms with Crippen molar-refractivity contribution in [1.82, 2.24) is 4.98 Å². The Balaban J connectivity index is 1.85. The lowest BCUT2D eigenvalue weighted by atomic mass is 10.1. The minimum atomic E-state index is -3.02. The van der Waals surface area contributed by atoms with E-state index < -0.39 is 15.6 Å². The van der Waals surface area contributed by atoms with Gasteiger partial charge in [-0.1, -0.05) is 11.8 Å². The first kappa shape index (κ1) is 24.5. The molecule has 0 aliphatic rings. The van der Waals surface area contributed by atoms with Crippen molar-refractivity contribution in [1.29, 1.82) is 0 Å². The number of hydrogen-bond acceptors (Lipinski definition) is 6. The molecule has 0 saturated carbocycles. The summed E-state index contributed by atoms with van der Waals surface area (Å²) in [5.41, 5.74) is 1.88. The zero-order valence-corrected chi connectivity index (χ0v) is 19.9. The van der Waals surface area contributed by atoms with Gasteiger partial charge < -0.3 is 14.8 Å². The van der Waals surface area contributed by atoms with E-state index in [0.717, 1.165) is 0 Å². The highest BCUT2D eigenvalue weighted by atomic mass is 32.2. The van der Waals surface area contributed by atoms with Gasteiger partial charge in [0.1, 0.15) is 11.5 Å². The Morgan fingerprint density at radius 3 is 2.15 bits per heavy atom. The molecule has 1 heterocycles. The van der Waals surface area contributed by atoms with Crippen molar-refractivity contribution in [2.45, 2.75) is 11.8 Å². The molecule has 3 rings (SSSR count). The monoisotopic (exact) mass is 477 g/mol. The van der Waals surface area contributed by atoms with Crippen LogP contribution < -0.4 is 14.8 Å². The molecular weight excluding hydrogens is 454 g/mol. The van der Waals surface area contributed by atoms with Crippen molar-refractivity contribution in [3.8, 4) is 23.3 Å². The summed E-state index contributed by atoms with van der Waals surface area (Å²) in [6.07, 6.45) is 4.25. The maximum absolute atomic E-state index is 13.1. The Morgan fingerprint density at radius 1 is 0.941 bits per heavy atom. The average molecular weight is 478 g/mol. The number of benzene rings is 2. The first-order valence-corrected chi connectivity index (χ1v) is 12.0. The molecule has 1 atom stereocenters. The topological polar surface area (TPSA) is 107 Å². The molecule has 0 saturated heterocycles. The molecule has 1 unspecified atom stereocenters. The molecule has 3 aromatic rings. The standard InChI is InChI=1S/C25H23N3O5S/c1-17(29)27-21-7-9-24(10-8-21)34(4,31)28-25(30)20-11-19(15-26-16-20)6-5-18-12-22(32-2)14-23(13-18)33-3/h7-16H,1-4H3,(H,27,29). The van der Waals surface area contributed by atoms with Crippen LogP contribution in [0.1, 0.15) is 28.4 Å². The van der Waals surface area contributed by atoms with E-state index in [-0.39, 0.29) is 11.5 Å². The minimum absolute atomic E-state index is 0.166. The van der Waals surface area contributed by atoms with Crippen LogP contribution in [0.25, 0.3) is 0 Å². The zero-order chi connectivity index (χ0) is 24.7. The fourth-order valence-electron chi connectivity index (χ4n) is 2.91. The second-order valence-corrected chi connectivity index (χ2v) is 9.48. The number of carbonyl (C=O) groups is 2. The quantitative estimate of drug-likeness (QED) is 0.561. The van der Waals surface area contributed by atoms with E-state index in [1.807, 2.05) is 0 Å². The molecular formula is C25H23N3O5S. The Morgan fingerprint density at radius 2 is 1.56 bits per heavy atom. The van der Waals surface area contributed by atoms with E-state index in [0.29, 0.717) is 33.2 Å². The summed E-state index contributed by atoms with van der Waals surface area (Å²) in [4.78, 5) is 28.3. The summed E-state index contributed by atoms with van der Waals surface area (Å²) in [7, 11) is 0.0912. The summed E-state index contributed by atoms with van der Waals surface area (Å²) in [6, 6.07) is 13.1. The Hall–Kier alpha value is -4.16. The zero-order valence-electron chi connectivity index (χ0n) is 19.1. The fourth-order valence-corrected chi connectivity index (χ4v) is 4.08. The van der Waals surface area contributed by atoms with Crippen molar-refractivity contribution in [3.63, 3.8) is 0 Å². The van der Waals surface area contributed by atoms with Crippen LogP contribution in [-0.2, 0) is 14.5 Å². The van der Waals surface area contributed by atoms with E-state index >= 15 is 0 Å². The SMILES string of the molecule is COc1cc(C#Cc2cncc(C(=O)N=S(C)(=O)c3ccc(NC(C)=O)cc3)c2)cc(OC)c1. The van der Waals surface area contributed by atoms with Crippen molar-refractivity contribution in [2.24, 2.45) is 4.36 Å². The number of methoxy groups -OCH3 is 2. The van der Waals surface area contributed by atoms with Gasteiger partial charge in [0.05, 0.1) is 29.5 Å². The molecule has 174 valence electrons. The number of amides is 2. The number of nitrogens with one attached hydrogen (secondary N) is 1. The van der Waals surface area contributed by atoms with Crippen molar-refractivity contribution >= 4 is 27.2 Å². The molecule has 0 radical (unpaired) electrons. The molecule has 2 amide bonds. The van der Waals surface area contributed by atoms with Gasteiger partial charge >= 0.3 is 0 Å². The first-order chi connectivity index (χ1) is 16.2. The van der Waals surface area contributed by atoms with Gasteiger partial charge in [-0.15, -0.1) is 0 Å². The van der Waals surface area contributed by atoms with Crippen LogP contribution in [0.5, 0.6) is 11.5 Å². The summed E-state index contributed by atoms with van der Waals surface area (Å²) in [6.45, 7) is 1.39. The molecule has 0 fully saturated rings. The molecule has 1 aromatic heterocycles. The Labute approximate surface area is 198 Å².